The minimum absolute atomic E-state index is 0.255. The van der Waals surface area contributed by atoms with E-state index < -0.39 is 0 Å². The van der Waals surface area contributed by atoms with Crippen LogP contribution in [0.5, 0.6) is 0 Å². The van der Waals surface area contributed by atoms with Crippen LogP contribution in [0.4, 0.5) is 5.82 Å². The van der Waals surface area contributed by atoms with Crippen molar-refractivity contribution in [3.05, 3.63) is 10.7 Å². The van der Waals surface area contributed by atoms with Gasteiger partial charge in [-0.3, -0.25) is 0 Å². The molecule has 0 aliphatic heterocycles. The maximum absolute atomic E-state index is 6.04. The third-order valence-corrected chi connectivity index (χ3v) is 2.34. The lowest BCUT2D eigenvalue weighted by Crippen LogP contribution is -2.07. The minimum atomic E-state index is 0.255. The van der Waals surface area contributed by atoms with Crippen LogP contribution in [-0.4, -0.2) is 9.78 Å². The highest BCUT2D eigenvalue weighted by Crippen LogP contribution is 2.30. The summed E-state index contributed by atoms with van der Waals surface area (Å²) in [6.07, 6.45) is 0. The molecule has 0 radical (unpaired) electrons. The van der Waals surface area contributed by atoms with E-state index >= 15 is 0 Å². The zero-order valence-electron chi connectivity index (χ0n) is 8.50. The van der Waals surface area contributed by atoms with Crippen molar-refractivity contribution in [3.8, 4) is 0 Å². The van der Waals surface area contributed by atoms with E-state index in [1.165, 1.54) is 0 Å². The van der Waals surface area contributed by atoms with Crippen LogP contribution < -0.4 is 5.73 Å². The molecule has 2 N–H and O–H groups in total. The van der Waals surface area contributed by atoms with Crippen molar-refractivity contribution in [1.29, 1.82) is 0 Å². The van der Waals surface area contributed by atoms with Crippen molar-refractivity contribution in [2.24, 2.45) is 0 Å². The molecule has 1 aromatic heterocycles. The third kappa shape index (κ3) is 1.80. The number of hydrogen-bond acceptors (Lipinski definition) is 2. The molecule has 3 nitrogen and oxygen atoms in total. The van der Waals surface area contributed by atoms with E-state index in [0.717, 1.165) is 5.69 Å². The highest BCUT2D eigenvalue weighted by Gasteiger charge is 2.17. The molecule has 0 saturated heterocycles. The van der Waals surface area contributed by atoms with Crippen molar-refractivity contribution in [2.75, 3.05) is 5.73 Å². The summed E-state index contributed by atoms with van der Waals surface area (Å²) in [7, 11) is 0. The van der Waals surface area contributed by atoms with Gasteiger partial charge in [-0.2, -0.15) is 5.10 Å². The Labute approximate surface area is 83.9 Å². The van der Waals surface area contributed by atoms with Crippen LogP contribution in [0.3, 0.4) is 0 Å². The van der Waals surface area contributed by atoms with E-state index in [4.69, 9.17) is 17.3 Å². The SMILES string of the molecule is CC(C)c1nn(C(C)C)c(N)c1Cl. The summed E-state index contributed by atoms with van der Waals surface area (Å²) >= 11 is 6.04. The molecular formula is C9H16ClN3. The number of nitrogens with two attached hydrogens (primary N) is 1. The van der Waals surface area contributed by atoms with Gasteiger partial charge >= 0.3 is 0 Å². The summed E-state index contributed by atoms with van der Waals surface area (Å²) in [6.45, 7) is 8.17. The second-order valence-corrected chi connectivity index (χ2v) is 4.16. The summed E-state index contributed by atoms with van der Waals surface area (Å²) in [5, 5.41) is 4.97. The monoisotopic (exact) mass is 201 g/mol. The molecule has 0 atom stereocenters. The predicted molar refractivity (Wildman–Crippen MR) is 56.1 cm³/mol. The topological polar surface area (TPSA) is 43.8 Å². The van der Waals surface area contributed by atoms with Crippen molar-refractivity contribution in [2.45, 2.75) is 39.7 Å². The molecule has 0 aliphatic carbocycles. The lowest BCUT2D eigenvalue weighted by Gasteiger charge is -2.06. The van der Waals surface area contributed by atoms with Gasteiger partial charge in [0.2, 0.25) is 0 Å². The molecule has 0 spiro atoms. The second kappa shape index (κ2) is 3.58. The van der Waals surface area contributed by atoms with Gasteiger partial charge in [-0.15, -0.1) is 0 Å². The molecular weight excluding hydrogens is 186 g/mol. The fourth-order valence-electron chi connectivity index (χ4n) is 1.21. The Morgan fingerprint density at radius 3 is 2.08 bits per heavy atom. The molecule has 0 aliphatic rings. The molecule has 4 heteroatoms. The van der Waals surface area contributed by atoms with E-state index in [1.54, 1.807) is 4.68 Å². The normalized spacial score (nSPS) is 11.6. The van der Waals surface area contributed by atoms with Crippen molar-refractivity contribution < 1.29 is 0 Å². The number of nitrogens with zero attached hydrogens (tertiary/aromatic N) is 2. The number of nitrogen functional groups attached to an aromatic ring is 1. The number of halogens is 1. The first-order valence-electron chi connectivity index (χ1n) is 4.48. The maximum atomic E-state index is 6.04. The van der Waals surface area contributed by atoms with E-state index in [2.05, 4.69) is 18.9 Å². The molecule has 13 heavy (non-hydrogen) atoms. The largest absolute Gasteiger partial charge is 0.383 e. The van der Waals surface area contributed by atoms with Crippen LogP contribution in [0.15, 0.2) is 0 Å². The molecule has 74 valence electrons. The first-order valence-corrected chi connectivity index (χ1v) is 4.86. The first kappa shape index (κ1) is 10.4. The predicted octanol–water partition coefficient (Wildman–Crippen LogP) is 2.82. The first-order chi connectivity index (χ1) is 5.95. The molecule has 1 aromatic rings. The van der Waals surface area contributed by atoms with Crippen molar-refractivity contribution in [3.63, 3.8) is 0 Å². The van der Waals surface area contributed by atoms with Gasteiger partial charge in [-0.05, 0) is 19.8 Å². The smallest absolute Gasteiger partial charge is 0.141 e. The zero-order chi connectivity index (χ0) is 10.2. The Bertz CT molecular complexity index is 274. The Hall–Kier alpha value is -0.700. The molecule has 0 aromatic carbocycles. The van der Waals surface area contributed by atoms with Gasteiger partial charge < -0.3 is 5.73 Å². The fourth-order valence-corrected chi connectivity index (χ4v) is 1.55. The molecule has 0 unspecified atom stereocenters. The van der Waals surface area contributed by atoms with Crippen LogP contribution in [-0.2, 0) is 0 Å². The maximum Gasteiger partial charge on any atom is 0.141 e. The molecule has 0 amide bonds. The van der Waals surface area contributed by atoms with Gasteiger partial charge in [-0.25, -0.2) is 4.68 Å². The Morgan fingerprint density at radius 1 is 1.31 bits per heavy atom. The highest BCUT2D eigenvalue weighted by atomic mass is 35.5. The van der Waals surface area contributed by atoms with Gasteiger partial charge in [-0.1, -0.05) is 25.4 Å². The van der Waals surface area contributed by atoms with Crippen LogP contribution >= 0.6 is 11.6 Å². The lowest BCUT2D eigenvalue weighted by molar-refractivity contribution is 0.530. The van der Waals surface area contributed by atoms with Crippen LogP contribution in [0.2, 0.25) is 5.02 Å². The van der Waals surface area contributed by atoms with Gasteiger partial charge in [0, 0.05) is 6.04 Å². The highest BCUT2D eigenvalue weighted by molar-refractivity contribution is 6.33. The third-order valence-electron chi connectivity index (χ3n) is 1.95. The van der Waals surface area contributed by atoms with Crippen molar-refractivity contribution >= 4 is 17.4 Å². The second-order valence-electron chi connectivity index (χ2n) is 3.78. The van der Waals surface area contributed by atoms with E-state index in [1.807, 2.05) is 13.8 Å². The fraction of sp³-hybridized carbons (Fsp3) is 0.667. The Morgan fingerprint density at radius 2 is 1.85 bits per heavy atom. The van der Waals surface area contributed by atoms with Crippen LogP contribution in [0, 0.1) is 0 Å². The minimum Gasteiger partial charge on any atom is -0.383 e. The zero-order valence-corrected chi connectivity index (χ0v) is 9.26. The average molecular weight is 202 g/mol. The van der Waals surface area contributed by atoms with Gasteiger partial charge in [0.25, 0.3) is 0 Å². The summed E-state index contributed by atoms with van der Waals surface area (Å²) in [4.78, 5) is 0. The number of rotatable bonds is 2. The van der Waals surface area contributed by atoms with Crippen LogP contribution in [0.25, 0.3) is 0 Å². The van der Waals surface area contributed by atoms with Crippen molar-refractivity contribution in [1.82, 2.24) is 9.78 Å². The lowest BCUT2D eigenvalue weighted by atomic mass is 10.1. The van der Waals surface area contributed by atoms with Gasteiger partial charge in [0.1, 0.15) is 10.8 Å². The standard InChI is InChI=1S/C9H16ClN3/c1-5(2)8-7(10)9(11)13(12-8)6(3)4/h5-6H,11H2,1-4H3. The van der Waals surface area contributed by atoms with Gasteiger partial charge in [0.05, 0.1) is 5.69 Å². The van der Waals surface area contributed by atoms with Gasteiger partial charge in [0.15, 0.2) is 0 Å². The Kier molecular flexibility index (Phi) is 2.86. The van der Waals surface area contributed by atoms with E-state index in [0.29, 0.717) is 16.8 Å². The van der Waals surface area contributed by atoms with E-state index in [9.17, 15) is 0 Å². The average Bonchev–Trinajstić information content (AvgIpc) is 2.29. The number of hydrogen-bond donors (Lipinski definition) is 1. The van der Waals surface area contributed by atoms with E-state index in [-0.39, 0.29) is 6.04 Å². The summed E-state index contributed by atoms with van der Waals surface area (Å²) < 4.78 is 1.76. The molecule has 0 bridgehead atoms. The quantitative estimate of drug-likeness (QED) is 0.800. The summed E-state index contributed by atoms with van der Waals surface area (Å²) in [5.74, 6) is 0.884. The summed E-state index contributed by atoms with van der Waals surface area (Å²) in [5.41, 5.74) is 6.69. The van der Waals surface area contributed by atoms with Crippen LogP contribution in [0.1, 0.15) is 45.3 Å². The molecule has 0 saturated carbocycles. The summed E-state index contributed by atoms with van der Waals surface area (Å²) in [6, 6.07) is 0.255. The Balaban J connectivity index is 3.20. The molecule has 0 fully saturated rings. The molecule has 1 rings (SSSR count). The number of anilines is 1. The molecule has 1 heterocycles. The number of aromatic nitrogens is 2.